The average Bonchev–Trinajstić information content (AvgIpc) is 3.39. The van der Waals surface area contributed by atoms with Crippen LogP contribution in [0.4, 0.5) is 34.1 Å². The van der Waals surface area contributed by atoms with Crippen molar-refractivity contribution >= 4 is 77.3 Å². The summed E-state index contributed by atoms with van der Waals surface area (Å²) >= 11 is 0. The molecule has 3 heteroatoms. The highest BCUT2D eigenvalue weighted by molar-refractivity contribution is 6.22. The molecule has 0 aliphatic rings. The molecule has 0 saturated carbocycles. The maximum absolute atomic E-state index is 5.38. The SMILES string of the molecule is c1ccc(N(c2ccccc2)c2ccc(-c3c4ccccc4c(-c4ccc(N(c5ccccc5)c5ccccc5)cc4)c4cc(-c5nc6ccccc6c6ccccc56)ccc34)cc2)cc1. The maximum atomic E-state index is 5.38. The fraction of sp³-hybridized carbons (Fsp3) is 0. The number of para-hydroxylation sites is 5. The third-order valence-electron chi connectivity index (χ3n) is 12.8. The molecule has 1 aromatic heterocycles. The van der Waals surface area contributed by atoms with Crippen molar-refractivity contribution < 1.29 is 0 Å². The van der Waals surface area contributed by atoms with E-state index in [0.29, 0.717) is 0 Å². The van der Waals surface area contributed by atoms with Gasteiger partial charge in [0.2, 0.25) is 0 Å². The Labute approximate surface area is 384 Å². The van der Waals surface area contributed by atoms with Crippen LogP contribution < -0.4 is 9.80 Å². The van der Waals surface area contributed by atoms with Gasteiger partial charge >= 0.3 is 0 Å². The summed E-state index contributed by atoms with van der Waals surface area (Å²) in [6.07, 6.45) is 0. The summed E-state index contributed by atoms with van der Waals surface area (Å²) in [7, 11) is 0. The average molecular weight is 842 g/mol. The predicted octanol–water partition coefficient (Wildman–Crippen LogP) is 17.6. The Hall–Kier alpha value is -8.79. The van der Waals surface area contributed by atoms with Gasteiger partial charge in [-0.15, -0.1) is 0 Å². The number of rotatable bonds is 9. The van der Waals surface area contributed by atoms with Crippen LogP contribution in [0.5, 0.6) is 0 Å². The summed E-state index contributed by atoms with van der Waals surface area (Å²) in [5.41, 5.74) is 14.4. The second-order valence-corrected chi connectivity index (χ2v) is 16.7. The number of hydrogen-bond acceptors (Lipinski definition) is 3. The molecule has 12 rings (SSSR count). The van der Waals surface area contributed by atoms with Crippen molar-refractivity contribution in [2.24, 2.45) is 0 Å². The number of aromatic nitrogens is 1. The maximum Gasteiger partial charge on any atom is 0.0788 e. The molecule has 0 amide bonds. The van der Waals surface area contributed by atoms with Gasteiger partial charge in [-0.2, -0.15) is 0 Å². The third kappa shape index (κ3) is 6.91. The Kier molecular flexibility index (Phi) is 9.85. The molecule has 0 saturated heterocycles. The second kappa shape index (κ2) is 16.7. The number of anilines is 6. The fourth-order valence-electron chi connectivity index (χ4n) is 9.83. The Morgan fingerprint density at radius 2 is 0.561 bits per heavy atom. The van der Waals surface area contributed by atoms with E-state index in [9.17, 15) is 0 Å². The Morgan fingerprint density at radius 1 is 0.227 bits per heavy atom. The van der Waals surface area contributed by atoms with E-state index in [0.717, 1.165) is 72.8 Å². The van der Waals surface area contributed by atoms with Gasteiger partial charge in [-0.05, 0) is 134 Å². The first kappa shape index (κ1) is 38.9. The highest BCUT2D eigenvalue weighted by Crippen LogP contribution is 2.47. The molecule has 3 nitrogen and oxygen atoms in total. The fourth-order valence-corrected chi connectivity index (χ4v) is 9.83. The predicted molar refractivity (Wildman–Crippen MR) is 280 cm³/mol. The normalized spacial score (nSPS) is 11.3. The van der Waals surface area contributed by atoms with E-state index in [1.807, 2.05) is 0 Å². The summed E-state index contributed by atoms with van der Waals surface area (Å²) in [6.45, 7) is 0. The van der Waals surface area contributed by atoms with Crippen molar-refractivity contribution in [1.29, 1.82) is 0 Å². The quantitative estimate of drug-likeness (QED) is 0.107. The van der Waals surface area contributed by atoms with Crippen LogP contribution >= 0.6 is 0 Å². The van der Waals surface area contributed by atoms with E-state index < -0.39 is 0 Å². The lowest BCUT2D eigenvalue weighted by Gasteiger charge is -2.26. The van der Waals surface area contributed by atoms with Gasteiger partial charge in [-0.25, -0.2) is 4.98 Å². The topological polar surface area (TPSA) is 19.4 Å². The highest BCUT2D eigenvalue weighted by atomic mass is 15.1. The van der Waals surface area contributed by atoms with Crippen LogP contribution in [0, 0.1) is 0 Å². The van der Waals surface area contributed by atoms with Crippen LogP contribution in [-0.2, 0) is 0 Å². The number of hydrogen-bond donors (Lipinski definition) is 0. The molecular weight excluding hydrogens is 799 g/mol. The summed E-state index contributed by atoms with van der Waals surface area (Å²) in [5.74, 6) is 0. The lowest BCUT2D eigenvalue weighted by Crippen LogP contribution is -2.09. The Morgan fingerprint density at radius 3 is 1.03 bits per heavy atom. The molecule has 0 aliphatic carbocycles. The zero-order chi connectivity index (χ0) is 43.8. The van der Waals surface area contributed by atoms with Crippen molar-refractivity contribution in [3.05, 3.63) is 261 Å². The monoisotopic (exact) mass is 841 g/mol. The van der Waals surface area contributed by atoms with Gasteiger partial charge in [0.05, 0.1) is 11.2 Å². The van der Waals surface area contributed by atoms with Gasteiger partial charge < -0.3 is 9.80 Å². The molecule has 0 bridgehead atoms. The summed E-state index contributed by atoms with van der Waals surface area (Å²) in [6, 6.07) is 93.6. The molecule has 0 aliphatic heterocycles. The number of nitrogens with zero attached hydrogens (tertiary/aromatic N) is 3. The van der Waals surface area contributed by atoms with Crippen molar-refractivity contribution in [2.45, 2.75) is 0 Å². The van der Waals surface area contributed by atoms with Gasteiger partial charge in [0.15, 0.2) is 0 Å². The molecule has 0 unspecified atom stereocenters. The summed E-state index contributed by atoms with van der Waals surface area (Å²) in [4.78, 5) is 10.0. The van der Waals surface area contributed by atoms with Crippen LogP contribution in [0.1, 0.15) is 0 Å². The van der Waals surface area contributed by atoms with Crippen LogP contribution in [0.2, 0.25) is 0 Å². The van der Waals surface area contributed by atoms with Crippen molar-refractivity contribution in [3.8, 4) is 33.5 Å². The lowest BCUT2D eigenvalue weighted by atomic mass is 9.84. The number of benzene rings is 11. The van der Waals surface area contributed by atoms with Crippen molar-refractivity contribution in [3.63, 3.8) is 0 Å². The Balaban J connectivity index is 1.08. The molecule has 0 N–H and O–H groups in total. The van der Waals surface area contributed by atoms with Crippen molar-refractivity contribution in [1.82, 2.24) is 4.98 Å². The third-order valence-corrected chi connectivity index (χ3v) is 12.8. The molecule has 12 aromatic rings. The highest BCUT2D eigenvalue weighted by Gasteiger charge is 2.21. The first-order valence-electron chi connectivity index (χ1n) is 22.5. The minimum atomic E-state index is 0.981. The molecular formula is C63H43N3. The molecule has 310 valence electrons. The van der Waals surface area contributed by atoms with E-state index in [1.54, 1.807) is 0 Å². The van der Waals surface area contributed by atoms with E-state index in [4.69, 9.17) is 4.98 Å². The van der Waals surface area contributed by atoms with Gasteiger partial charge in [-0.3, -0.25) is 0 Å². The number of fused-ring (bicyclic) bond motifs is 5. The van der Waals surface area contributed by atoms with Crippen LogP contribution in [0.15, 0.2) is 261 Å². The van der Waals surface area contributed by atoms with Crippen LogP contribution in [0.3, 0.4) is 0 Å². The van der Waals surface area contributed by atoms with E-state index >= 15 is 0 Å². The number of pyridine rings is 1. The molecule has 1 heterocycles. The van der Waals surface area contributed by atoms with E-state index in [1.165, 1.54) is 38.1 Å². The summed E-state index contributed by atoms with van der Waals surface area (Å²) in [5, 5.41) is 8.27. The van der Waals surface area contributed by atoms with Gasteiger partial charge in [-0.1, -0.05) is 176 Å². The first-order valence-corrected chi connectivity index (χ1v) is 22.5. The van der Waals surface area contributed by atoms with Crippen molar-refractivity contribution in [2.75, 3.05) is 9.80 Å². The van der Waals surface area contributed by atoms with Gasteiger partial charge in [0, 0.05) is 50.5 Å². The first-order chi connectivity index (χ1) is 32.8. The molecule has 0 fully saturated rings. The minimum Gasteiger partial charge on any atom is -0.311 e. The Bertz CT molecular complexity index is 3590. The smallest absolute Gasteiger partial charge is 0.0788 e. The zero-order valence-electron chi connectivity index (χ0n) is 36.2. The van der Waals surface area contributed by atoms with Crippen LogP contribution in [-0.4, -0.2) is 4.98 Å². The second-order valence-electron chi connectivity index (χ2n) is 16.7. The van der Waals surface area contributed by atoms with E-state index in [-0.39, 0.29) is 0 Å². The molecule has 11 aromatic carbocycles. The minimum absolute atomic E-state index is 0.981. The standard InChI is InChI=1S/C63H43N3/c1-5-19-47(20-6-1)65(48-21-7-2-8-22-48)51-38-33-44(34-39-51)61-55-29-14-15-30-56(55)62(45-35-40-52(41-36-45)66(49-23-9-3-10-24-49)50-25-11-4-12-26-50)59-43-46(37-42-57(59)61)63-58-31-16-13-27-53(58)54-28-17-18-32-60(54)64-63/h1-43H. The van der Waals surface area contributed by atoms with Crippen LogP contribution in [0.25, 0.3) is 76.7 Å². The molecule has 0 radical (unpaired) electrons. The molecule has 0 atom stereocenters. The largest absolute Gasteiger partial charge is 0.311 e. The molecule has 0 spiro atoms. The zero-order valence-corrected chi connectivity index (χ0v) is 36.2. The molecule has 66 heavy (non-hydrogen) atoms. The van der Waals surface area contributed by atoms with Gasteiger partial charge in [0.25, 0.3) is 0 Å². The lowest BCUT2D eigenvalue weighted by molar-refractivity contribution is 1.28. The van der Waals surface area contributed by atoms with E-state index in [2.05, 4.69) is 271 Å². The van der Waals surface area contributed by atoms with Gasteiger partial charge in [0.1, 0.15) is 0 Å². The summed E-state index contributed by atoms with van der Waals surface area (Å²) < 4.78 is 0.